The number of hydrogen-bond acceptors (Lipinski definition) is 3. The van der Waals surface area contributed by atoms with E-state index in [-0.39, 0.29) is 39.6 Å². The van der Waals surface area contributed by atoms with Crippen molar-refractivity contribution in [1.29, 1.82) is 0 Å². The molecule has 6 aromatic carbocycles. The average molecular weight is 890 g/mol. The van der Waals surface area contributed by atoms with E-state index in [1.807, 2.05) is 39.0 Å². The standard InChI is InChI=1S/C63H71N3O/c1-59(2,3)39-40-24-26-41(27-25-40)43-30-31-64-53(35-43)45-32-44(33-47(34-45)61(7,8)9)49-22-19-23-55-56(49)65-58(51-37-48(62(10,11)12)38-52(57(51)67)63(13,14)15)66(55)54-29-28-46(60(4,5)6)36-50(54)42-20-17-16-18-21-42/h16-38,67H,39H2,1-15H3/i31D,35D,39D2. The lowest BCUT2D eigenvalue weighted by atomic mass is 9.79. The number of rotatable bonds is 7. The normalized spacial score (nSPS) is 13.9. The molecule has 0 radical (unpaired) electrons. The molecule has 344 valence electrons. The van der Waals surface area contributed by atoms with Gasteiger partial charge in [-0.2, -0.15) is 0 Å². The summed E-state index contributed by atoms with van der Waals surface area (Å²) in [6.45, 7) is 31.9. The molecule has 2 aromatic heterocycles. The van der Waals surface area contributed by atoms with E-state index in [1.54, 1.807) is 18.2 Å². The van der Waals surface area contributed by atoms with Crippen LogP contribution < -0.4 is 0 Å². The van der Waals surface area contributed by atoms with E-state index in [0.29, 0.717) is 33.8 Å². The van der Waals surface area contributed by atoms with Gasteiger partial charge >= 0.3 is 0 Å². The van der Waals surface area contributed by atoms with Gasteiger partial charge in [0.05, 0.1) is 30.7 Å². The minimum Gasteiger partial charge on any atom is -0.507 e. The summed E-state index contributed by atoms with van der Waals surface area (Å²) < 4.78 is 38.5. The second-order valence-corrected chi connectivity index (χ2v) is 23.5. The van der Waals surface area contributed by atoms with Crippen LogP contribution in [0.5, 0.6) is 5.75 Å². The molecule has 0 fully saturated rings. The summed E-state index contributed by atoms with van der Waals surface area (Å²) in [7, 11) is 0. The number of nitrogens with zero attached hydrogens (tertiary/aromatic N) is 3. The number of phenols is 1. The number of imidazole rings is 1. The highest BCUT2D eigenvalue weighted by Crippen LogP contribution is 2.46. The lowest BCUT2D eigenvalue weighted by molar-refractivity contribution is 0.411. The number of aromatic hydroxyl groups is 1. The molecule has 0 aliphatic rings. The van der Waals surface area contributed by atoms with Gasteiger partial charge in [-0.3, -0.25) is 9.55 Å². The van der Waals surface area contributed by atoms with Gasteiger partial charge in [-0.05, 0) is 126 Å². The smallest absolute Gasteiger partial charge is 0.149 e. The summed E-state index contributed by atoms with van der Waals surface area (Å²) in [6, 6.07) is 43.2. The molecule has 4 nitrogen and oxygen atoms in total. The number of fused-ring (bicyclic) bond motifs is 1. The minimum absolute atomic E-state index is 0.0342. The Bertz CT molecular complexity index is 3310. The van der Waals surface area contributed by atoms with Crippen LogP contribution in [0.2, 0.25) is 0 Å². The van der Waals surface area contributed by atoms with Crippen LogP contribution in [-0.4, -0.2) is 19.6 Å². The first-order chi connectivity index (χ1) is 32.9. The van der Waals surface area contributed by atoms with Crippen molar-refractivity contribution < 1.29 is 10.6 Å². The molecule has 0 saturated heterocycles. The molecule has 1 N–H and O–H groups in total. The van der Waals surface area contributed by atoms with Crippen molar-refractivity contribution in [2.24, 2.45) is 5.41 Å². The summed E-state index contributed by atoms with van der Waals surface area (Å²) in [4.78, 5) is 10.4. The number of para-hydroxylation sites is 1. The van der Waals surface area contributed by atoms with Crippen molar-refractivity contribution in [3.63, 3.8) is 0 Å². The van der Waals surface area contributed by atoms with Crippen LogP contribution in [-0.2, 0) is 28.0 Å². The fourth-order valence-corrected chi connectivity index (χ4v) is 8.78. The van der Waals surface area contributed by atoms with Crippen molar-refractivity contribution in [3.05, 3.63) is 167 Å². The number of pyridine rings is 1. The van der Waals surface area contributed by atoms with Crippen molar-refractivity contribution in [2.75, 3.05) is 0 Å². The summed E-state index contributed by atoms with van der Waals surface area (Å²) in [5.74, 6) is 0.827. The molecule has 8 rings (SSSR count). The van der Waals surface area contributed by atoms with E-state index in [4.69, 9.17) is 14.1 Å². The first kappa shape index (κ1) is 42.1. The third-order valence-corrected chi connectivity index (χ3v) is 12.6. The maximum atomic E-state index is 12.6. The molecule has 67 heavy (non-hydrogen) atoms. The van der Waals surface area contributed by atoms with Gasteiger partial charge in [0.25, 0.3) is 0 Å². The fourth-order valence-electron chi connectivity index (χ4n) is 8.78. The Labute approximate surface area is 406 Å². The monoisotopic (exact) mass is 890 g/mol. The summed E-state index contributed by atoms with van der Waals surface area (Å²) >= 11 is 0. The van der Waals surface area contributed by atoms with Crippen LogP contribution in [0.4, 0.5) is 0 Å². The fraction of sp³-hybridized carbons (Fsp3) is 0.333. The maximum absolute atomic E-state index is 12.6. The maximum Gasteiger partial charge on any atom is 0.149 e. The molecule has 0 aliphatic heterocycles. The molecule has 0 bridgehead atoms. The Morgan fingerprint density at radius 1 is 0.522 bits per heavy atom. The zero-order valence-electron chi connectivity index (χ0n) is 46.4. The van der Waals surface area contributed by atoms with Crippen LogP contribution >= 0.6 is 0 Å². The second-order valence-electron chi connectivity index (χ2n) is 23.5. The van der Waals surface area contributed by atoms with Crippen molar-refractivity contribution in [1.82, 2.24) is 14.5 Å². The third-order valence-electron chi connectivity index (χ3n) is 12.6. The van der Waals surface area contributed by atoms with Crippen molar-refractivity contribution in [2.45, 2.75) is 132 Å². The topological polar surface area (TPSA) is 50.9 Å². The summed E-state index contributed by atoms with van der Waals surface area (Å²) in [5, 5.41) is 12.6. The zero-order chi connectivity index (χ0) is 52.0. The van der Waals surface area contributed by atoms with Gasteiger partial charge in [-0.1, -0.05) is 189 Å². The van der Waals surface area contributed by atoms with E-state index >= 15 is 0 Å². The van der Waals surface area contributed by atoms with Gasteiger partial charge in [0.2, 0.25) is 0 Å². The van der Waals surface area contributed by atoms with Crippen LogP contribution in [0.15, 0.2) is 140 Å². The van der Waals surface area contributed by atoms with E-state index in [2.05, 4.69) is 179 Å². The van der Waals surface area contributed by atoms with Gasteiger partial charge in [0.1, 0.15) is 11.6 Å². The SMILES string of the molecule is [2H]c1cc(-c2ccc(C([2H])([2H])C(C)(C)C)cc2)c([2H])c(-c2cc(-c3cccc4c3nc(-c3cc(C(C)(C)C)cc(C(C)(C)C)c3O)n4-c3ccc(C(C)(C)C)cc3-c3ccccc3)cc(C(C)(C)C)c2)n1. The summed E-state index contributed by atoms with van der Waals surface area (Å²) in [5.41, 5.74) is 12.5. The molecule has 0 aliphatic carbocycles. The molecule has 0 saturated carbocycles. The molecule has 0 atom stereocenters. The van der Waals surface area contributed by atoms with Gasteiger partial charge in [0, 0.05) is 31.2 Å². The molecule has 2 heterocycles. The Morgan fingerprint density at radius 2 is 1.15 bits per heavy atom. The first-order valence-corrected chi connectivity index (χ1v) is 23.7. The Kier molecular flexibility index (Phi) is 10.8. The second kappa shape index (κ2) is 17.1. The van der Waals surface area contributed by atoms with Crippen LogP contribution in [0.3, 0.4) is 0 Å². The largest absolute Gasteiger partial charge is 0.507 e. The number of hydrogen-bond donors (Lipinski definition) is 1. The molecular weight excluding hydrogens is 815 g/mol. The first-order valence-electron chi connectivity index (χ1n) is 25.7. The zero-order valence-corrected chi connectivity index (χ0v) is 42.4. The van der Waals surface area contributed by atoms with Gasteiger partial charge in [-0.15, -0.1) is 0 Å². The Morgan fingerprint density at radius 3 is 1.78 bits per heavy atom. The molecule has 0 amide bonds. The van der Waals surface area contributed by atoms with Gasteiger partial charge < -0.3 is 5.11 Å². The lowest BCUT2D eigenvalue weighted by Crippen LogP contribution is -2.17. The highest BCUT2D eigenvalue weighted by atomic mass is 16.3. The quantitative estimate of drug-likeness (QED) is 0.173. The van der Waals surface area contributed by atoms with Crippen molar-refractivity contribution >= 4 is 11.0 Å². The highest BCUT2D eigenvalue weighted by molar-refractivity contribution is 5.98. The Balaban J connectivity index is 1.43. The molecule has 8 aromatic rings. The average Bonchev–Trinajstić information content (AvgIpc) is 3.67. The van der Waals surface area contributed by atoms with Gasteiger partial charge in [-0.25, -0.2) is 4.98 Å². The predicted octanol–water partition coefficient (Wildman–Crippen LogP) is 17.2. The third kappa shape index (κ3) is 9.91. The van der Waals surface area contributed by atoms with Crippen molar-refractivity contribution in [3.8, 4) is 67.5 Å². The number of aromatic nitrogens is 3. The van der Waals surface area contributed by atoms with Crippen LogP contribution in [0, 0.1) is 5.41 Å². The van der Waals surface area contributed by atoms with E-state index in [1.165, 1.54) is 5.56 Å². The Hall–Kier alpha value is -6.26. The van der Waals surface area contributed by atoms with Crippen LogP contribution in [0.1, 0.15) is 137 Å². The summed E-state index contributed by atoms with van der Waals surface area (Å²) in [6.07, 6.45) is -1.54. The molecular formula is C63H71N3O. The lowest BCUT2D eigenvalue weighted by Gasteiger charge is -2.28. The number of benzene rings is 6. The molecule has 4 heteroatoms. The van der Waals surface area contributed by atoms with Crippen LogP contribution in [0.25, 0.3) is 72.7 Å². The van der Waals surface area contributed by atoms with E-state index < -0.39 is 11.8 Å². The van der Waals surface area contributed by atoms with Gasteiger partial charge in [0.15, 0.2) is 0 Å². The number of phenolic OH excluding ortho intramolecular Hbond substituents is 1. The highest BCUT2D eigenvalue weighted by Gasteiger charge is 2.30. The predicted molar refractivity (Wildman–Crippen MR) is 286 cm³/mol. The molecule has 0 unspecified atom stereocenters. The minimum atomic E-state index is -1.57. The molecule has 0 spiro atoms. The van der Waals surface area contributed by atoms with E-state index in [0.717, 1.165) is 61.2 Å². The van der Waals surface area contributed by atoms with E-state index in [9.17, 15) is 6.48 Å².